The summed E-state index contributed by atoms with van der Waals surface area (Å²) in [5.41, 5.74) is 7.96. The molecule has 0 amide bonds. The number of fused-ring (bicyclic) bond motifs is 2. The normalized spacial score (nSPS) is 10.2. The van der Waals surface area contributed by atoms with Gasteiger partial charge in [0.25, 0.3) is 0 Å². The van der Waals surface area contributed by atoms with Gasteiger partial charge in [0, 0.05) is 28.9 Å². The Hall–Kier alpha value is -5.26. The molecule has 0 aromatic heterocycles. The Kier molecular flexibility index (Phi) is 26.5. The van der Waals surface area contributed by atoms with Gasteiger partial charge < -0.3 is 34.6 Å². The topological polar surface area (TPSA) is 159 Å². The zero-order valence-electron chi connectivity index (χ0n) is 36.0. The molecule has 1 aliphatic heterocycles. The number of benzene rings is 6. The van der Waals surface area contributed by atoms with Crippen LogP contribution < -0.4 is 65.6 Å². The molecule has 0 saturated carbocycles. The first-order valence-corrected chi connectivity index (χ1v) is 19.0. The number of aliphatic hydroxyl groups is 1. The summed E-state index contributed by atoms with van der Waals surface area (Å²) in [5, 5.41) is 16.7. The summed E-state index contributed by atoms with van der Waals surface area (Å²) < 4.78 is 50.7. The number of para-hydroxylation sites is 3. The monoisotopic (exact) mass is 892 g/mol. The van der Waals surface area contributed by atoms with Crippen LogP contribution in [0.15, 0.2) is 140 Å². The van der Waals surface area contributed by atoms with Gasteiger partial charge in [0.2, 0.25) is 0 Å². The molecule has 0 saturated heterocycles. The molecule has 10 nitrogen and oxygen atoms in total. The predicted molar refractivity (Wildman–Crippen MR) is 231 cm³/mol. The number of carboxylic acid groups (broad SMARTS) is 1. The van der Waals surface area contributed by atoms with Crippen molar-refractivity contribution in [1.82, 2.24) is 0 Å². The zero-order valence-corrected chi connectivity index (χ0v) is 39.1. The molecular weight excluding hydrogens is 843 g/mol. The van der Waals surface area contributed by atoms with Crippen molar-refractivity contribution in [2.24, 2.45) is 0 Å². The molecule has 6 aromatic rings. The van der Waals surface area contributed by atoms with Crippen LogP contribution in [-0.4, -0.2) is 54.7 Å². The molecule has 63 heavy (non-hydrogen) atoms. The average Bonchev–Trinajstić information content (AvgIpc) is 3.38. The number of halogens is 3. The van der Waals surface area contributed by atoms with Crippen molar-refractivity contribution in [3.63, 3.8) is 0 Å². The number of methoxy groups -OCH3 is 1. The number of carbonyl (C=O) groups is 3. The van der Waals surface area contributed by atoms with Crippen LogP contribution in [0.5, 0.6) is 17.2 Å². The molecule has 0 spiro atoms. The molecule has 1 heterocycles. The first-order chi connectivity index (χ1) is 29.3. The SMILES string of the molecule is CCO.COC(=O)c1ccc(C)cc1COc1ccccc1.Cc1ccc(C(=O)O)c(COc2ccccc2)c1.Cc1ccc2c(c1)COc1ccccc1C2=O.FB(F)F.[K+].[OH-]. The van der Waals surface area contributed by atoms with E-state index in [9.17, 15) is 27.3 Å². The van der Waals surface area contributed by atoms with Crippen molar-refractivity contribution in [3.8, 4) is 17.2 Å². The predicted octanol–water partition coefficient (Wildman–Crippen LogP) is 7.46. The van der Waals surface area contributed by atoms with Crippen LogP contribution in [0.3, 0.4) is 0 Å². The van der Waals surface area contributed by atoms with Crippen molar-refractivity contribution in [2.75, 3.05) is 13.7 Å². The fraction of sp³-hybridized carbons (Fsp3) is 0.188. The summed E-state index contributed by atoms with van der Waals surface area (Å²) in [4.78, 5) is 35.1. The van der Waals surface area contributed by atoms with E-state index in [-0.39, 0.29) is 87.4 Å². The quantitative estimate of drug-likeness (QED) is 0.116. The van der Waals surface area contributed by atoms with E-state index in [2.05, 4.69) is 0 Å². The number of carboxylic acids is 1. The van der Waals surface area contributed by atoms with Crippen LogP contribution in [0.4, 0.5) is 12.9 Å². The molecule has 0 atom stereocenters. The molecule has 15 heteroatoms. The first-order valence-electron chi connectivity index (χ1n) is 19.0. The van der Waals surface area contributed by atoms with Crippen molar-refractivity contribution >= 4 is 25.3 Å². The van der Waals surface area contributed by atoms with Gasteiger partial charge in [-0.05, 0) is 76.2 Å². The van der Waals surface area contributed by atoms with Gasteiger partial charge in [0.15, 0.2) is 5.78 Å². The van der Waals surface area contributed by atoms with Gasteiger partial charge in [-0.3, -0.25) is 17.7 Å². The fourth-order valence-electron chi connectivity index (χ4n) is 5.70. The number of carbonyl (C=O) groups excluding carboxylic acids is 2. The maximum Gasteiger partial charge on any atom is 1.00 e. The third-order valence-electron chi connectivity index (χ3n) is 8.45. The molecule has 1 aliphatic rings. The van der Waals surface area contributed by atoms with Crippen molar-refractivity contribution in [2.45, 2.75) is 47.5 Å². The van der Waals surface area contributed by atoms with E-state index < -0.39 is 13.5 Å². The standard InChI is InChI=1S/C16H16O3.C15H14O3.C15H12O2.C2H6O.BF3.K.H2O/c1-12-8-9-15(16(17)18-2)13(10-12)11-19-14-6-4-3-5-7-14;1-11-7-8-14(15(16)17)12(9-11)10-18-13-5-3-2-4-6-13;1-10-6-7-12-11(8-10)9-17-14-5-3-2-4-13(14)15(12)16;1-2-3;2-1(3)4;;/h3-10H,11H2,1-2H3;2-9H,10H2,1H3,(H,16,17);2-8H,9H2,1H3;3H,2H2,1H3;;;1H2/q;;;;;+1;/p-1. The van der Waals surface area contributed by atoms with Gasteiger partial charge in [-0.2, -0.15) is 0 Å². The Morgan fingerprint density at radius 2 is 1.10 bits per heavy atom. The number of hydrogen-bond donors (Lipinski definition) is 2. The van der Waals surface area contributed by atoms with Crippen molar-refractivity contribution in [3.05, 3.63) is 195 Å². The van der Waals surface area contributed by atoms with E-state index in [0.29, 0.717) is 35.7 Å². The van der Waals surface area contributed by atoms with Crippen LogP contribution in [0, 0.1) is 20.8 Å². The Labute approximate surface area is 409 Å². The minimum Gasteiger partial charge on any atom is -0.870 e. The van der Waals surface area contributed by atoms with Crippen LogP contribution in [0.1, 0.15) is 76.9 Å². The molecule has 0 unspecified atom stereocenters. The number of aryl methyl sites for hydroxylation is 3. The van der Waals surface area contributed by atoms with Gasteiger partial charge in [0.05, 0.1) is 23.8 Å². The van der Waals surface area contributed by atoms with E-state index in [4.69, 9.17) is 29.2 Å². The molecule has 0 radical (unpaired) electrons. The minimum absolute atomic E-state index is 0. The fourth-order valence-corrected chi connectivity index (χ4v) is 5.70. The third kappa shape index (κ3) is 19.3. The molecule has 7 rings (SSSR count). The van der Waals surface area contributed by atoms with Crippen LogP contribution >= 0.6 is 0 Å². The third-order valence-corrected chi connectivity index (χ3v) is 8.45. The number of ether oxygens (including phenoxy) is 4. The van der Waals surface area contributed by atoms with Gasteiger partial charge in [-0.1, -0.05) is 108 Å². The van der Waals surface area contributed by atoms with Crippen molar-refractivity contribution in [1.29, 1.82) is 0 Å². The number of aromatic carboxylic acids is 1. The molecule has 6 aromatic carbocycles. The molecule has 3 N–H and O–H groups in total. The van der Waals surface area contributed by atoms with E-state index in [1.807, 2.05) is 142 Å². The number of rotatable bonds is 8. The number of esters is 1. The molecule has 326 valence electrons. The average molecular weight is 893 g/mol. The minimum atomic E-state index is -3.67. The molecule has 0 aliphatic carbocycles. The zero-order chi connectivity index (χ0) is 44.7. The van der Waals surface area contributed by atoms with Crippen LogP contribution in [-0.2, 0) is 24.6 Å². The maximum atomic E-state index is 12.4. The summed E-state index contributed by atoms with van der Waals surface area (Å²) in [6.45, 7) is 8.91. The van der Waals surface area contributed by atoms with E-state index in [0.717, 1.165) is 44.9 Å². The number of ketones is 1. The molecular formula is C48H49BF3KO10. The summed E-state index contributed by atoms with van der Waals surface area (Å²) in [7, 11) is -2.29. The summed E-state index contributed by atoms with van der Waals surface area (Å²) in [6, 6.07) is 43.0. The van der Waals surface area contributed by atoms with E-state index in [1.165, 1.54) is 7.11 Å². The second-order valence-electron chi connectivity index (χ2n) is 13.2. The summed E-state index contributed by atoms with van der Waals surface area (Å²) in [6.07, 6.45) is 0. The van der Waals surface area contributed by atoms with Crippen molar-refractivity contribution < 1.29 is 113 Å². The van der Waals surface area contributed by atoms with Gasteiger partial charge in [-0.15, -0.1) is 0 Å². The Balaban J connectivity index is 0.000000433. The second kappa shape index (κ2) is 29.9. The van der Waals surface area contributed by atoms with E-state index in [1.54, 1.807) is 25.1 Å². The number of hydrogen-bond acceptors (Lipinski definition) is 9. The Morgan fingerprint density at radius 1 is 0.667 bits per heavy atom. The van der Waals surface area contributed by atoms with Gasteiger partial charge in [0.1, 0.15) is 37.1 Å². The summed E-state index contributed by atoms with van der Waals surface area (Å²) >= 11 is 0. The maximum absolute atomic E-state index is 12.4. The summed E-state index contributed by atoms with van der Waals surface area (Å²) in [5.74, 6) is 0.961. The Morgan fingerprint density at radius 3 is 1.59 bits per heavy atom. The van der Waals surface area contributed by atoms with Gasteiger partial charge in [-0.25, -0.2) is 9.59 Å². The van der Waals surface area contributed by atoms with Crippen LogP contribution in [0.25, 0.3) is 0 Å². The van der Waals surface area contributed by atoms with Gasteiger partial charge >= 0.3 is 70.9 Å². The number of aliphatic hydroxyl groups excluding tert-OH is 1. The van der Waals surface area contributed by atoms with Crippen LogP contribution in [0.2, 0.25) is 0 Å². The molecule has 0 bridgehead atoms. The largest absolute Gasteiger partial charge is 1.00 e. The second-order valence-corrected chi connectivity index (χ2v) is 13.2. The molecule has 0 fully saturated rings. The first kappa shape index (κ1) is 55.8. The Bertz CT molecular complexity index is 2310. The van der Waals surface area contributed by atoms with E-state index >= 15 is 0 Å². The smallest absolute Gasteiger partial charge is 0.870 e.